The first-order valence-electron chi connectivity index (χ1n) is 9.23. The molecule has 1 unspecified atom stereocenters. The maximum absolute atomic E-state index is 13.3. The highest BCUT2D eigenvalue weighted by Crippen LogP contribution is 2.51. The zero-order chi connectivity index (χ0) is 18.8. The Morgan fingerprint density at radius 1 is 1.07 bits per heavy atom. The van der Waals surface area contributed by atoms with Crippen LogP contribution < -0.4 is 5.32 Å². The van der Waals surface area contributed by atoms with E-state index in [2.05, 4.69) is 59.4 Å². The van der Waals surface area contributed by atoms with E-state index in [1.807, 2.05) is 24.3 Å². The molecule has 1 aliphatic heterocycles. The number of ketones is 1. The maximum Gasteiger partial charge on any atom is 0.169 e. The molecule has 1 atom stereocenters. The number of nitrogens with one attached hydrogen (secondary N) is 1. The zero-order valence-electron chi connectivity index (χ0n) is 15.3. The fraction of sp³-hybridized carbons (Fsp3) is 0.261. The minimum Gasteiger partial charge on any atom is -0.452 e. The number of hydrogen-bond donors (Lipinski definition) is 1. The first kappa shape index (κ1) is 16.8. The van der Waals surface area contributed by atoms with E-state index in [0.717, 1.165) is 45.4 Å². The van der Waals surface area contributed by atoms with Crippen LogP contribution in [0.5, 0.6) is 0 Å². The van der Waals surface area contributed by atoms with Gasteiger partial charge in [0.2, 0.25) is 0 Å². The molecule has 0 fully saturated rings. The molecule has 4 heteroatoms. The minimum absolute atomic E-state index is 0.0538. The largest absolute Gasteiger partial charge is 0.452 e. The third-order valence-electron chi connectivity index (χ3n) is 5.61. The lowest BCUT2D eigenvalue weighted by atomic mass is 9.68. The summed E-state index contributed by atoms with van der Waals surface area (Å²) in [5.74, 6) is 1.06. The fourth-order valence-corrected chi connectivity index (χ4v) is 4.86. The summed E-state index contributed by atoms with van der Waals surface area (Å²) in [4.78, 5) is 13.3. The van der Waals surface area contributed by atoms with Crippen molar-refractivity contribution >= 4 is 43.7 Å². The number of furan rings is 1. The number of rotatable bonds is 1. The van der Waals surface area contributed by atoms with E-state index in [4.69, 9.17) is 4.42 Å². The Bertz CT molecular complexity index is 1120. The van der Waals surface area contributed by atoms with E-state index in [-0.39, 0.29) is 17.2 Å². The van der Waals surface area contributed by atoms with Crippen molar-refractivity contribution in [3.8, 4) is 0 Å². The van der Waals surface area contributed by atoms with E-state index >= 15 is 0 Å². The minimum atomic E-state index is -0.122. The van der Waals surface area contributed by atoms with Gasteiger partial charge in [0.15, 0.2) is 10.5 Å². The topological polar surface area (TPSA) is 42.2 Å². The monoisotopic (exact) mass is 421 g/mol. The van der Waals surface area contributed by atoms with Crippen LogP contribution in [0.4, 0.5) is 5.69 Å². The molecule has 3 aromatic rings. The second kappa shape index (κ2) is 5.83. The Kier molecular flexibility index (Phi) is 3.63. The Hall–Kier alpha value is -2.33. The predicted octanol–water partition coefficient (Wildman–Crippen LogP) is 6.50. The average Bonchev–Trinajstić information content (AvgIpc) is 3.05. The molecule has 0 radical (unpaired) electrons. The van der Waals surface area contributed by atoms with Crippen LogP contribution in [0.25, 0.3) is 16.3 Å². The number of benzene rings is 2. The molecule has 0 saturated carbocycles. The lowest BCUT2D eigenvalue weighted by Crippen LogP contribution is -2.32. The highest BCUT2D eigenvalue weighted by Gasteiger charge is 2.41. The van der Waals surface area contributed by atoms with Crippen molar-refractivity contribution in [2.75, 3.05) is 5.32 Å². The van der Waals surface area contributed by atoms with E-state index in [1.165, 1.54) is 0 Å². The molecule has 0 amide bonds. The van der Waals surface area contributed by atoms with Crippen LogP contribution in [0.3, 0.4) is 0 Å². The maximum atomic E-state index is 13.3. The zero-order valence-corrected chi connectivity index (χ0v) is 16.9. The number of Topliss-reactive ketones (excluding diaryl/α,β-unsaturated/α-hetero) is 1. The average molecular weight is 422 g/mol. The number of anilines is 1. The molecule has 1 aromatic heterocycles. The first-order valence-corrected chi connectivity index (χ1v) is 10.0. The van der Waals surface area contributed by atoms with Crippen molar-refractivity contribution in [3.05, 3.63) is 70.1 Å². The summed E-state index contributed by atoms with van der Waals surface area (Å²) in [5.41, 5.74) is 4.02. The fourth-order valence-electron chi connectivity index (χ4n) is 4.55. The van der Waals surface area contributed by atoms with Gasteiger partial charge in [-0.2, -0.15) is 0 Å². The Balaban J connectivity index is 1.81. The highest BCUT2D eigenvalue weighted by atomic mass is 79.9. The van der Waals surface area contributed by atoms with Gasteiger partial charge in [-0.15, -0.1) is 0 Å². The van der Waals surface area contributed by atoms with Gasteiger partial charge in [0.25, 0.3) is 0 Å². The van der Waals surface area contributed by atoms with Gasteiger partial charge in [0.05, 0.1) is 0 Å². The molecule has 0 bridgehead atoms. The number of carbonyl (C=O) groups excluding carboxylic acids is 1. The summed E-state index contributed by atoms with van der Waals surface area (Å²) < 4.78 is 6.59. The molecule has 0 saturated heterocycles. The molecule has 2 aliphatic rings. The Morgan fingerprint density at radius 2 is 1.89 bits per heavy atom. The van der Waals surface area contributed by atoms with Gasteiger partial charge in [-0.1, -0.05) is 44.2 Å². The van der Waals surface area contributed by atoms with Crippen molar-refractivity contribution < 1.29 is 9.21 Å². The number of fused-ring (bicyclic) bond motifs is 4. The van der Waals surface area contributed by atoms with Crippen LogP contribution >= 0.6 is 15.9 Å². The third kappa shape index (κ3) is 2.66. The molecule has 136 valence electrons. The van der Waals surface area contributed by atoms with Crippen LogP contribution in [0.15, 0.2) is 63.2 Å². The van der Waals surface area contributed by atoms with Gasteiger partial charge in [-0.25, -0.2) is 0 Å². The highest BCUT2D eigenvalue weighted by molar-refractivity contribution is 9.10. The molecule has 27 heavy (non-hydrogen) atoms. The SMILES string of the molecule is CC1(C)CC(=O)C2=C(C1)C(c1ccc(Br)o1)Nc1ccc3ccccc3c12. The number of allylic oxidation sites excluding steroid dienone is 1. The van der Waals surface area contributed by atoms with Crippen LogP contribution in [-0.2, 0) is 4.79 Å². The molecule has 1 aliphatic carbocycles. The normalized spacial score (nSPS) is 21.0. The van der Waals surface area contributed by atoms with E-state index in [9.17, 15) is 4.79 Å². The smallest absolute Gasteiger partial charge is 0.169 e. The second-order valence-corrected chi connectivity index (χ2v) is 9.05. The number of hydrogen-bond acceptors (Lipinski definition) is 3. The summed E-state index contributed by atoms with van der Waals surface area (Å²) in [6.45, 7) is 4.34. The van der Waals surface area contributed by atoms with Gasteiger partial charge in [-0.3, -0.25) is 4.79 Å². The lowest BCUT2D eigenvalue weighted by molar-refractivity contribution is -0.116. The molecule has 2 aromatic carbocycles. The van der Waals surface area contributed by atoms with E-state index < -0.39 is 0 Å². The number of carbonyl (C=O) groups is 1. The Morgan fingerprint density at radius 3 is 2.67 bits per heavy atom. The standard InChI is InChI=1S/C23H20BrNO2/c1-23(2)11-15-21(17(26)12-23)20-14-6-4-3-5-13(14)7-8-16(20)25-22(15)18-9-10-19(24)27-18/h3-10,22,25H,11-12H2,1-2H3. The van der Waals surface area contributed by atoms with E-state index in [1.54, 1.807) is 0 Å². The van der Waals surface area contributed by atoms with Crippen molar-refractivity contribution in [3.63, 3.8) is 0 Å². The summed E-state index contributed by atoms with van der Waals surface area (Å²) >= 11 is 3.41. The second-order valence-electron chi connectivity index (χ2n) is 8.27. The summed E-state index contributed by atoms with van der Waals surface area (Å²) in [6, 6.07) is 16.2. The lowest BCUT2D eigenvalue weighted by Gasteiger charge is -2.39. The summed E-state index contributed by atoms with van der Waals surface area (Å²) in [6.07, 6.45) is 1.44. The van der Waals surface area contributed by atoms with Gasteiger partial charge in [0, 0.05) is 23.2 Å². The molecule has 2 heterocycles. The van der Waals surface area contributed by atoms with Gasteiger partial charge in [-0.05, 0) is 62.3 Å². The first-order chi connectivity index (χ1) is 12.9. The summed E-state index contributed by atoms with van der Waals surface area (Å²) in [7, 11) is 0. The van der Waals surface area contributed by atoms with Crippen molar-refractivity contribution in [1.82, 2.24) is 0 Å². The van der Waals surface area contributed by atoms with Gasteiger partial charge >= 0.3 is 0 Å². The molecular formula is C23H20BrNO2. The third-order valence-corrected chi connectivity index (χ3v) is 6.04. The van der Waals surface area contributed by atoms with Gasteiger partial charge < -0.3 is 9.73 Å². The van der Waals surface area contributed by atoms with E-state index in [0.29, 0.717) is 11.1 Å². The predicted molar refractivity (Wildman–Crippen MR) is 112 cm³/mol. The van der Waals surface area contributed by atoms with Crippen LogP contribution in [0.1, 0.15) is 44.1 Å². The quantitative estimate of drug-likeness (QED) is 0.487. The Labute approximate surface area is 166 Å². The van der Waals surface area contributed by atoms with Crippen molar-refractivity contribution in [1.29, 1.82) is 0 Å². The van der Waals surface area contributed by atoms with Crippen LogP contribution in [0.2, 0.25) is 0 Å². The summed E-state index contributed by atoms with van der Waals surface area (Å²) in [5, 5.41) is 5.93. The van der Waals surface area contributed by atoms with Crippen molar-refractivity contribution in [2.45, 2.75) is 32.7 Å². The van der Waals surface area contributed by atoms with Crippen LogP contribution in [-0.4, -0.2) is 5.78 Å². The molecule has 3 nitrogen and oxygen atoms in total. The van der Waals surface area contributed by atoms with Crippen LogP contribution in [0, 0.1) is 5.41 Å². The molecule has 5 rings (SSSR count). The van der Waals surface area contributed by atoms with Gasteiger partial charge in [0.1, 0.15) is 11.8 Å². The molecule has 0 spiro atoms. The molecular weight excluding hydrogens is 402 g/mol. The number of halogens is 1. The molecule has 1 N–H and O–H groups in total. The van der Waals surface area contributed by atoms with Crippen molar-refractivity contribution in [2.24, 2.45) is 5.41 Å².